The van der Waals surface area contributed by atoms with Crippen molar-refractivity contribution in [1.29, 1.82) is 0 Å². The summed E-state index contributed by atoms with van der Waals surface area (Å²) in [5.41, 5.74) is 6.14. The number of hydrogen-bond acceptors (Lipinski definition) is 6. The van der Waals surface area contributed by atoms with Crippen LogP contribution >= 0.6 is 0 Å². The number of nitrogens with zero attached hydrogens (tertiary/aromatic N) is 4. The van der Waals surface area contributed by atoms with Crippen molar-refractivity contribution in [2.75, 3.05) is 10.6 Å². The third-order valence-corrected chi connectivity index (χ3v) is 5.79. The van der Waals surface area contributed by atoms with E-state index in [0.29, 0.717) is 29.0 Å². The van der Waals surface area contributed by atoms with Crippen LogP contribution in [0.4, 0.5) is 26.5 Å². The number of halogens is 1. The molecule has 0 unspecified atom stereocenters. The summed E-state index contributed by atoms with van der Waals surface area (Å²) in [5, 5.41) is 8.69. The lowest BCUT2D eigenvalue weighted by molar-refractivity contribution is 0.251. The number of nitrogens with one attached hydrogen (secondary N) is 3. The Hall–Kier alpha value is -4.92. The summed E-state index contributed by atoms with van der Waals surface area (Å²) >= 11 is 0. The molecule has 5 aromatic rings. The zero-order chi connectivity index (χ0) is 25.8. The van der Waals surface area contributed by atoms with Crippen LogP contribution < -0.4 is 16.0 Å². The van der Waals surface area contributed by atoms with E-state index in [1.54, 1.807) is 42.5 Å². The normalized spacial score (nSPS) is 10.8. The number of urea groups is 1. The van der Waals surface area contributed by atoms with Gasteiger partial charge in [-0.3, -0.25) is 0 Å². The van der Waals surface area contributed by atoms with Crippen molar-refractivity contribution in [2.45, 2.75) is 20.4 Å². The smallest absolute Gasteiger partial charge is 0.319 e. The Labute approximate surface area is 213 Å². The van der Waals surface area contributed by atoms with E-state index in [4.69, 9.17) is 0 Å². The molecule has 5 rings (SSSR count). The number of aromatic nitrogens is 4. The summed E-state index contributed by atoms with van der Waals surface area (Å²) in [6.45, 7) is 4.22. The molecule has 0 atom stereocenters. The van der Waals surface area contributed by atoms with Crippen LogP contribution in [0.3, 0.4) is 0 Å². The minimum Gasteiger partial charge on any atom is -0.334 e. The highest BCUT2D eigenvalue weighted by Crippen LogP contribution is 2.26. The van der Waals surface area contributed by atoms with Gasteiger partial charge in [-0.25, -0.2) is 29.1 Å². The standard InChI is InChI=1S/C28H24FN7O/c1-17-18(2)33-25-14-20(8-13-24(25)32-17)26-23(29)16-30-27(36-26)34-21-9-11-22(12-10-21)35-28(37)31-15-19-6-4-3-5-7-19/h3-14,16H,15H2,1-2H3,(H,30,34,36)(H2,31,35,37). The predicted octanol–water partition coefficient (Wildman–Crippen LogP) is 5.91. The monoisotopic (exact) mass is 493 g/mol. The van der Waals surface area contributed by atoms with Crippen molar-refractivity contribution in [2.24, 2.45) is 0 Å². The first kappa shape index (κ1) is 23.8. The van der Waals surface area contributed by atoms with Crippen LogP contribution in [-0.2, 0) is 6.54 Å². The molecule has 3 N–H and O–H groups in total. The molecule has 0 aliphatic rings. The van der Waals surface area contributed by atoms with Crippen molar-refractivity contribution >= 4 is 34.4 Å². The van der Waals surface area contributed by atoms with Gasteiger partial charge in [-0.05, 0) is 55.8 Å². The first-order chi connectivity index (χ1) is 17.9. The number of fused-ring (bicyclic) bond motifs is 1. The van der Waals surface area contributed by atoms with E-state index in [1.807, 2.05) is 44.2 Å². The van der Waals surface area contributed by atoms with Crippen LogP contribution in [0.5, 0.6) is 0 Å². The summed E-state index contributed by atoms with van der Waals surface area (Å²) in [4.78, 5) is 29.7. The Kier molecular flexibility index (Phi) is 6.67. The van der Waals surface area contributed by atoms with Gasteiger partial charge < -0.3 is 16.0 Å². The lowest BCUT2D eigenvalue weighted by Gasteiger charge is -2.10. The van der Waals surface area contributed by atoms with E-state index in [0.717, 1.165) is 28.7 Å². The summed E-state index contributed by atoms with van der Waals surface area (Å²) in [5.74, 6) is -0.299. The lowest BCUT2D eigenvalue weighted by Crippen LogP contribution is -2.28. The van der Waals surface area contributed by atoms with E-state index in [9.17, 15) is 9.18 Å². The summed E-state index contributed by atoms with van der Waals surface area (Å²) in [7, 11) is 0. The Morgan fingerprint density at radius 3 is 2.30 bits per heavy atom. The molecule has 0 aliphatic carbocycles. The summed E-state index contributed by atoms with van der Waals surface area (Å²) in [6, 6.07) is 21.8. The van der Waals surface area contributed by atoms with Crippen molar-refractivity contribution in [1.82, 2.24) is 25.3 Å². The fraction of sp³-hybridized carbons (Fsp3) is 0.107. The van der Waals surface area contributed by atoms with Crippen LogP contribution in [0.15, 0.2) is 79.0 Å². The molecular weight excluding hydrogens is 469 g/mol. The molecule has 9 heteroatoms. The molecule has 37 heavy (non-hydrogen) atoms. The van der Waals surface area contributed by atoms with Gasteiger partial charge >= 0.3 is 6.03 Å². The number of aryl methyl sites for hydroxylation is 2. The van der Waals surface area contributed by atoms with E-state index in [2.05, 4.69) is 35.9 Å². The highest BCUT2D eigenvalue weighted by Gasteiger charge is 2.12. The topological polar surface area (TPSA) is 105 Å². The number of benzene rings is 3. The Balaban J connectivity index is 1.27. The zero-order valence-electron chi connectivity index (χ0n) is 20.3. The van der Waals surface area contributed by atoms with E-state index < -0.39 is 5.82 Å². The molecule has 2 heterocycles. The second-order valence-electron chi connectivity index (χ2n) is 8.48. The first-order valence-electron chi connectivity index (χ1n) is 11.7. The Bertz CT molecular complexity index is 1570. The van der Waals surface area contributed by atoms with Gasteiger partial charge in [0, 0.05) is 23.5 Å². The van der Waals surface area contributed by atoms with Crippen molar-refractivity contribution in [3.8, 4) is 11.3 Å². The van der Waals surface area contributed by atoms with Gasteiger partial charge in [0.1, 0.15) is 5.69 Å². The summed E-state index contributed by atoms with van der Waals surface area (Å²) in [6.07, 6.45) is 1.13. The van der Waals surface area contributed by atoms with Gasteiger partial charge in [0.2, 0.25) is 5.95 Å². The van der Waals surface area contributed by atoms with E-state index >= 15 is 0 Å². The predicted molar refractivity (Wildman–Crippen MR) is 142 cm³/mol. The van der Waals surface area contributed by atoms with Crippen LogP contribution in [0.25, 0.3) is 22.3 Å². The summed E-state index contributed by atoms with van der Waals surface area (Å²) < 4.78 is 14.6. The minimum absolute atomic E-state index is 0.160. The van der Waals surface area contributed by atoms with Gasteiger partial charge in [0.05, 0.1) is 28.6 Å². The maximum atomic E-state index is 14.6. The van der Waals surface area contributed by atoms with Crippen molar-refractivity contribution in [3.63, 3.8) is 0 Å². The molecule has 3 aromatic carbocycles. The Morgan fingerprint density at radius 2 is 1.54 bits per heavy atom. The van der Waals surface area contributed by atoms with Gasteiger partial charge in [-0.2, -0.15) is 0 Å². The maximum absolute atomic E-state index is 14.6. The van der Waals surface area contributed by atoms with Crippen molar-refractivity contribution in [3.05, 3.63) is 102 Å². The second-order valence-corrected chi connectivity index (χ2v) is 8.48. The first-order valence-corrected chi connectivity index (χ1v) is 11.7. The van der Waals surface area contributed by atoms with Crippen LogP contribution in [-0.4, -0.2) is 26.0 Å². The van der Waals surface area contributed by atoms with Gasteiger partial charge in [0.15, 0.2) is 5.82 Å². The number of hydrogen-bond donors (Lipinski definition) is 3. The fourth-order valence-corrected chi connectivity index (χ4v) is 3.73. The largest absolute Gasteiger partial charge is 0.334 e. The quantitative estimate of drug-likeness (QED) is 0.272. The molecule has 0 saturated carbocycles. The molecule has 0 bridgehead atoms. The molecule has 8 nitrogen and oxygen atoms in total. The molecule has 0 radical (unpaired) electrons. The molecule has 184 valence electrons. The molecule has 0 spiro atoms. The highest BCUT2D eigenvalue weighted by molar-refractivity contribution is 5.89. The number of rotatable bonds is 6. The number of carbonyl (C=O) groups excluding carboxylic acids is 1. The highest BCUT2D eigenvalue weighted by atomic mass is 19.1. The molecule has 2 aromatic heterocycles. The maximum Gasteiger partial charge on any atom is 0.319 e. The number of carbonyl (C=O) groups is 1. The number of anilines is 3. The van der Waals surface area contributed by atoms with Crippen LogP contribution in [0.1, 0.15) is 17.0 Å². The molecule has 2 amide bonds. The third kappa shape index (κ3) is 5.67. The Morgan fingerprint density at radius 1 is 0.838 bits per heavy atom. The van der Waals surface area contributed by atoms with Crippen LogP contribution in [0.2, 0.25) is 0 Å². The van der Waals surface area contributed by atoms with Crippen LogP contribution in [0, 0.1) is 19.7 Å². The SMILES string of the molecule is Cc1nc2ccc(-c3nc(Nc4ccc(NC(=O)NCc5ccccc5)cc4)ncc3F)cc2nc1C. The van der Waals surface area contributed by atoms with E-state index in [1.165, 1.54) is 0 Å². The van der Waals surface area contributed by atoms with Gasteiger partial charge in [0.25, 0.3) is 0 Å². The van der Waals surface area contributed by atoms with Gasteiger partial charge in [-0.1, -0.05) is 36.4 Å². The minimum atomic E-state index is -0.539. The van der Waals surface area contributed by atoms with Crippen molar-refractivity contribution < 1.29 is 9.18 Å². The van der Waals surface area contributed by atoms with Gasteiger partial charge in [-0.15, -0.1) is 0 Å². The average Bonchev–Trinajstić information content (AvgIpc) is 2.91. The third-order valence-electron chi connectivity index (χ3n) is 5.79. The molecule has 0 fully saturated rings. The zero-order valence-corrected chi connectivity index (χ0v) is 20.3. The second kappa shape index (κ2) is 10.4. The van der Waals surface area contributed by atoms with E-state index in [-0.39, 0.29) is 17.7 Å². The molecular formula is C28H24FN7O. The molecule has 0 aliphatic heterocycles. The lowest BCUT2D eigenvalue weighted by atomic mass is 10.1. The fourth-order valence-electron chi connectivity index (χ4n) is 3.73. The average molecular weight is 494 g/mol. The number of amides is 2. The molecule has 0 saturated heterocycles.